The van der Waals surface area contributed by atoms with Gasteiger partial charge in [-0.05, 0) is 26.0 Å². The summed E-state index contributed by atoms with van der Waals surface area (Å²) in [6, 6.07) is 9.81. The topological polar surface area (TPSA) is 30.8 Å². The molecule has 0 atom stereocenters. The summed E-state index contributed by atoms with van der Waals surface area (Å²) in [5, 5.41) is 0. The molecule has 0 amide bonds. The second-order valence-corrected chi connectivity index (χ2v) is 4.04. The van der Waals surface area contributed by atoms with Gasteiger partial charge in [-0.15, -0.1) is 0 Å². The van der Waals surface area contributed by atoms with Crippen LogP contribution in [0.15, 0.2) is 35.3 Å². The molecule has 0 aliphatic rings. The fourth-order valence-electron chi connectivity index (χ4n) is 1.25. The lowest BCUT2D eigenvalue weighted by Gasteiger charge is -2.24. The fourth-order valence-corrected chi connectivity index (χ4v) is 1.25. The van der Waals surface area contributed by atoms with Crippen LogP contribution in [0.25, 0.3) is 0 Å². The Kier molecular flexibility index (Phi) is 4.65. The SMILES string of the molecule is COCC(=Nc1ccccc1)C(C)(C)OC. The Bertz CT molecular complexity index is 344. The maximum atomic E-state index is 5.41. The van der Waals surface area contributed by atoms with Crippen molar-refractivity contribution in [2.75, 3.05) is 20.8 Å². The summed E-state index contributed by atoms with van der Waals surface area (Å²) in [5.74, 6) is 0. The van der Waals surface area contributed by atoms with Crippen LogP contribution in [0.4, 0.5) is 5.69 Å². The molecule has 0 bridgehead atoms. The summed E-state index contributed by atoms with van der Waals surface area (Å²) >= 11 is 0. The number of benzene rings is 1. The quantitative estimate of drug-likeness (QED) is 0.716. The maximum Gasteiger partial charge on any atom is 0.103 e. The van der Waals surface area contributed by atoms with Gasteiger partial charge in [0, 0.05) is 14.2 Å². The van der Waals surface area contributed by atoms with E-state index in [1.54, 1.807) is 14.2 Å². The molecule has 1 rings (SSSR count). The largest absolute Gasteiger partial charge is 0.379 e. The first-order valence-electron chi connectivity index (χ1n) is 5.27. The van der Waals surface area contributed by atoms with Crippen molar-refractivity contribution in [2.45, 2.75) is 19.4 Å². The molecule has 0 aliphatic heterocycles. The molecule has 0 radical (unpaired) electrons. The molecule has 3 heteroatoms. The van der Waals surface area contributed by atoms with E-state index in [0.29, 0.717) is 6.61 Å². The molecule has 0 unspecified atom stereocenters. The van der Waals surface area contributed by atoms with Gasteiger partial charge in [-0.25, -0.2) is 0 Å². The zero-order chi connectivity index (χ0) is 12.0. The molecule has 1 aromatic rings. The first-order chi connectivity index (χ1) is 7.60. The zero-order valence-electron chi connectivity index (χ0n) is 10.4. The number of nitrogens with zero attached hydrogens (tertiary/aromatic N) is 1. The Labute approximate surface area is 97.1 Å². The third kappa shape index (κ3) is 3.43. The lowest BCUT2D eigenvalue weighted by atomic mass is 10.0. The van der Waals surface area contributed by atoms with Crippen molar-refractivity contribution in [3.63, 3.8) is 0 Å². The van der Waals surface area contributed by atoms with Crippen LogP contribution in [0, 0.1) is 0 Å². The minimum atomic E-state index is -0.411. The van der Waals surface area contributed by atoms with E-state index in [9.17, 15) is 0 Å². The molecule has 88 valence electrons. The van der Waals surface area contributed by atoms with E-state index >= 15 is 0 Å². The van der Waals surface area contributed by atoms with Crippen molar-refractivity contribution in [3.05, 3.63) is 30.3 Å². The lowest BCUT2D eigenvalue weighted by Crippen LogP contribution is -2.36. The first kappa shape index (κ1) is 12.9. The van der Waals surface area contributed by atoms with Gasteiger partial charge >= 0.3 is 0 Å². The average Bonchev–Trinajstić information content (AvgIpc) is 2.30. The van der Waals surface area contributed by atoms with E-state index < -0.39 is 5.60 Å². The Balaban J connectivity index is 2.98. The van der Waals surface area contributed by atoms with E-state index in [1.807, 2.05) is 44.2 Å². The molecule has 3 nitrogen and oxygen atoms in total. The van der Waals surface area contributed by atoms with Gasteiger partial charge in [-0.2, -0.15) is 0 Å². The minimum Gasteiger partial charge on any atom is -0.379 e. The monoisotopic (exact) mass is 221 g/mol. The Morgan fingerprint density at radius 2 is 1.81 bits per heavy atom. The fraction of sp³-hybridized carbons (Fsp3) is 0.462. The summed E-state index contributed by atoms with van der Waals surface area (Å²) < 4.78 is 10.6. The van der Waals surface area contributed by atoms with E-state index in [4.69, 9.17) is 9.47 Å². The van der Waals surface area contributed by atoms with Crippen molar-refractivity contribution in [1.29, 1.82) is 0 Å². The van der Waals surface area contributed by atoms with Crippen molar-refractivity contribution in [3.8, 4) is 0 Å². The van der Waals surface area contributed by atoms with Crippen molar-refractivity contribution in [1.82, 2.24) is 0 Å². The number of para-hydroxylation sites is 1. The highest BCUT2D eigenvalue weighted by molar-refractivity contribution is 5.94. The van der Waals surface area contributed by atoms with Gasteiger partial charge in [0.1, 0.15) is 5.60 Å². The summed E-state index contributed by atoms with van der Waals surface area (Å²) in [6.07, 6.45) is 0. The van der Waals surface area contributed by atoms with Crippen LogP contribution < -0.4 is 0 Å². The molecule has 0 spiro atoms. The van der Waals surface area contributed by atoms with Crippen molar-refractivity contribution in [2.24, 2.45) is 4.99 Å². The number of hydrogen-bond acceptors (Lipinski definition) is 3. The number of hydrogen-bond donors (Lipinski definition) is 0. The summed E-state index contributed by atoms with van der Waals surface area (Å²) in [4.78, 5) is 4.56. The van der Waals surface area contributed by atoms with Gasteiger partial charge in [0.15, 0.2) is 0 Å². The molecule has 0 aromatic heterocycles. The predicted octanol–water partition coefficient (Wildman–Crippen LogP) is 2.83. The second kappa shape index (κ2) is 5.77. The Morgan fingerprint density at radius 1 is 1.19 bits per heavy atom. The summed E-state index contributed by atoms with van der Waals surface area (Å²) in [5.41, 5.74) is 1.38. The highest BCUT2D eigenvalue weighted by Gasteiger charge is 2.24. The normalized spacial score (nSPS) is 12.9. The van der Waals surface area contributed by atoms with Gasteiger partial charge in [0.05, 0.1) is 18.0 Å². The molecule has 0 saturated heterocycles. The first-order valence-corrected chi connectivity index (χ1v) is 5.27. The van der Waals surface area contributed by atoms with E-state index in [0.717, 1.165) is 11.4 Å². The Hall–Kier alpha value is -1.19. The van der Waals surface area contributed by atoms with E-state index in [2.05, 4.69) is 4.99 Å². The highest BCUT2D eigenvalue weighted by atomic mass is 16.5. The molecular formula is C13H19NO2. The van der Waals surface area contributed by atoms with Gasteiger partial charge in [0.2, 0.25) is 0 Å². The summed E-state index contributed by atoms with van der Waals surface area (Å²) in [7, 11) is 3.34. The van der Waals surface area contributed by atoms with Crippen LogP contribution in [0.2, 0.25) is 0 Å². The van der Waals surface area contributed by atoms with Crippen LogP contribution in [0.1, 0.15) is 13.8 Å². The number of aliphatic imine (C=N–C) groups is 1. The third-order valence-electron chi connectivity index (χ3n) is 2.51. The third-order valence-corrected chi connectivity index (χ3v) is 2.51. The predicted molar refractivity (Wildman–Crippen MR) is 66.5 cm³/mol. The number of rotatable bonds is 5. The van der Waals surface area contributed by atoms with Crippen molar-refractivity contribution >= 4 is 11.4 Å². The summed E-state index contributed by atoms with van der Waals surface area (Å²) in [6.45, 7) is 4.43. The molecule has 1 aromatic carbocycles. The highest BCUT2D eigenvalue weighted by Crippen LogP contribution is 2.17. The number of ether oxygens (including phenoxy) is 2. The van der Waals surface area contributed by atoms with Crippen LogP contribution >= 0.6 is 0 Å². The molecule has 0 fully saturated rings. The number of methoxy groups -OCH3 is 2. The molecule has 0 saturated carbocycles. The smallest absolute Gasteiger partial charge is 0.103 e. The minimum absolute atomic E-state index is 0.411. The van der Waals surface area contributed by atoms with Crippen LogP contribution in [-0.4, -0.2) is 32.1 Å². The van der Waals surface area contributed by atoms with E-state index in [1.165, 1.54) is 0 Å². The second-order valence-electron chi connectivity index (χ2n) is 4.04. The molecular weight excluding hydrogens is 202 g/mol. The lowest BCUT2D eigenvalue weighted by molar-refractivity contribution is 0.0753. The van der Waals surface area contributed by atoms with Crippen LogP contribution in [-0.2, 0) is 9.47 Å². The van der Waals surface area contributed by atoms with E-state index in [-0.39, 0.29) is 0 Å². The average molecular weight is 221 g/mol. The molecule has 16 heavy (non-hydrogen) atoms. The standard InChI is InChI=1S/C13H19NO2/c1-13(2,16-4)12(10-15-3)14-11-8-6-5-7-9-11/h5-9H,10H2,1-4H3. The molecule has 0 N–H and O–H groups in total. The zero-order valence-corrected chi connectivity index (χ0v) is 10.4. The maximum absolute atomic E-state index is 5.41. The van der Waals surface area contributed by atoms with Crippen LogP contribution in [0.5, 0.6) is 0 Å². The Morgan fingerprint density at radius 3 is 2.31 bits per heavy atom. The van der Waals surface area contributed by atoms with Gasteiger partial charge < -0.3 is 9.47 Å². The van der Waals surface area contributed by atoms with Crippen LogP contribution in [0.3, 0.4) is 0 Å². The van der Waals surface area contributed by atoms with Gasteiger partial charge in [0.25, 0.3) is 0 Å². The van der Waals surface area contributed by atoms with Gasteiger partial charge in [-0.3, -0.25) is 4.99 Å². The molecule has 0 aliphatic carbocycles. The molecule has 0 heterocycles. The van der Waals surface area contributed by atoms with Crippen molar-refractivity contribution < 1.29 is 9.47 Å². The van der Waals surface area contributed by atoms with Gasteiger partial charge in [-0.1, -0.05) is 18.2 Å².